The Kier molecular flexibility index (Phi) is 1.16. The SMILES string of the molecule is c1ncc2cc3cc[nH]c3cc2n1. The van der Waals surface area contributed by atoms with Crippen molar-refractivity contribution in [3.63, 3.8) is 0 Å². The molecule has 0 bridgehead atoms. The maximum absolute atomic E-state index is 4.18. The molecule has 0 atom stereocenters. The maximum Gasteiger partial charge on any atom is 0.116 e. The van der Waals surface area contributed by atoms with Crippen molar-refractivity contribution >= 4 is 21.8 Å². The van der Waals surface area contributed by atoms with Gasteiger partial charge in [-0.25, -0.2) is 9.97 Å². The third kappa shape index (κ3) is 0.902. The van der Waals surface area contributed by atoms with Crippen molar-refractivity contribution in [2.45, 2.75) is 0 Å². The van der Waals surface area contributed by atoms with Crippen LogP contribution in [0.15, 0.2) is 36.9 Å². The minimum absolute atomic E-state index is 0.977. The summed E-state index contributed by atoms with van der Waals surface area (Å²) < 4.78 is 0. The Morgan fingerprint density at radius 3 is 3.15 bits per heavy atom. The summed E-state index contributed by atoms with van der Waals surface area (Å²) in [6.45, 7) is 0. The molecule has 2 heterocycles. The Hall–Kier alpha value is -1.90. The molecular weight excluding hydrogens is 162 g/mol. The highest BCUT2D eigenvalue weighted by molar-refractivity contribution is 5.94. The number of nitrogens with one attached hydrogen (secondary N) is 1. The van der Waals surface area contributed by atoms with Crippen LogP contribution < -0.4 is 0 Å². The standard InChI is InChI=1S/C10H7N3/c1-2-12-9-4-10-8(3-7(1)9)5-11-6-13-10/h1-6,12H. The van der Waals surface area contributed by atoms with Gasteiger partial charge in [0.1, 0.15) is 6.33 Å². The molecule has 0 saturated carbocycles. The van der Waals surface area contributed by atoms with Gasteiger partial charge < -0.3 is 4.98 Å². The summed E-state index contributed by atoms with van der Waals surface area (Å²) in [5, 5.41) is 2.27. The molecule has 1 N–H and O–H groups in total. The topological polar surface area (TPSA) is 41.6 Å². The average Bonchev–Trinajstić information content (AvgIpc) is 2.61. The Morgan fingerprint density at radius 2 is 2.15 bits per heavy atom. The fraction of sp³-hybridized carbons (Fsp3) is 0. The van der Waals surface area contributed by atoms with E-state index >= 15 is 0 Å². The highest BCUT2D eigenvalue weighted by Crippen LogP contribution is 2.18. The first-order chi connectivity index (χ1) is 6.43. The van der Waals surface area contributed by atoms with Gasteiger partial charge in [-0.15, -0.1) is 0 Å². The zero-order chi connectivity index (χ0) is 8.67. The van der Waals surface area contributed by atoms with Gasteiger partial charge in [-0.05, 0) is 18.2 Å². The minimum Gasteiger partial charge on any atom is -0.361 e. The first kappa shape index (κ1) is 6.60. The lowest BCUT2D eigenvalue weighted by Crippen LogP contribution is -1.80. The average molecular weight is 169 g/mol. The van der Waals surface area contributed by atoms with Gasteiger partial charge in [-0.2, -0.15) is 0 Å². The molecule has 0 unspecified atom stereocenters. The first-order valence-corrected chi connectivity index (χ1v) is 4.10. The van der Waals surface area contributed by atoms with Crippen LogP contribution in [0.1, 0.15) is 0 Å². The van der Waals surface area contributed by atoms with E-state index in [9.17, 15) is 0 Å². The van der Waals surface area contributed by atoms with Gasteiger partial charge in [0, 0.05) is 28.7 Å². The highest BCUT2D eigenvalue weighted by Gasteiger charge is 1.98. The number of rotatable bonds is 0. The van der Waals surface area contributed by atoms with E-state index in [0.717, 1.165) is 16.4 Å². The maximum atomic E-state index is 4.18. The van der Waals surface area contributed by atoms with Gasteiger partial charge in [0.2, 0.25) is 0 Å². The fourth-order valence-electron chi connectivity index (χ4n) is 1.53. The summed E-state index contributed by atoms with van der Waals surface area (Å²) in [6.07, 6.45) is 5.32. The predicted octanol–water partition coefficient (Wildman–Crippen LogP) is 2.11. The van der Waals surface area contributed by atoms with Crippen LogP contribution in [0.25, 0.3) is 21.8 Å². The van der Waals surface area contributed by atoms with Crippen molar-refractivity contribution in [1.82, 2.24) is 15.0 Å². The molecule has 3 rings (SSSR count). The zero-order valence-electron chi connectivity index (χ0n) is 6.86. The number of benzene rings is 1. The summed E-state index contributed by atoms with van der Waals surface area (Å²) in [5.74, 6) is 0. The summed E-state index contributed by atoms with van der Waals surface area (Å²) in [6, 6.07) is 6.16. The molecule has 1 aromatic carbocycles. The summed E-state index contributed by atoms with van der Waals surface area (Å²) in [7, 11) is 0. The van der Waals surface area contributed by atoms with Crippen LogP contribution in [-0.2, 0) is 0 Å². The van der Waals surface area contributed by atoms with Crippen molar-refractivity contribution in [2.24, 2.45) is 0 Å². The molecule has 13 heavy (non-hydrogen) atoms. The number of aromatic amines is 1. The Morgan fingerprint density at radius 1 is 1.15 bits per heavy atom. The number of H-pyrrole nitrogens is 1. The number of nitrogens with zero attached hydrogens (tertiary/aromatic N) is 2. The van der Waals surface area contributed by atoms with Crippen molar-refractivity contribution in [3.05, 3.63) is 36.9 Å². The highest BCUT2D eigenvalue weighted by atomic mass is 14.8. The zero-order valence-corrected chi connectivity index (χ0v) is 6.86. The van der Waals surface area contributed by atoms with Crippen LogP contribution in [0.3, 0.4) is 0 Å². The molecule has 0 aliphatic carbocycles. The summed E-state index contributed by atoms with van der Waals surface area (Å²) >= 11 is 0. The van der Waals surface area contributed by atoms with E-state index in [-0.39, 0.29) is 0 Å². The molecule has 3 nitrogen and oxygen atoms in total. The molecule has 3 aromatic rings. The third-order valence-corrected chi connectivity index (χ3v) is 2.18. The third-order valence-electron chi connectivity index (χ3n) is 2.18. The van der Waals surface area contributed by atoms with E-state index in [4.69, 9.17) is 0 Å². The quantitative estimate of drug-likeness (QED) is 0.560. The number of hydrogen-bond donors (Lipinski definition) is 1. The Bertz CT molecular complexity index is 519. The van der Waals surface area contributed by atoms with Gasteiger partial charge >= 0.3 is 0 Å². The van der Waals surface area contributed by atoms with Gasteiger partial charge in [0.05, 0.1) is 5.52 Å². The molecule has 0 fully saturated rings. The van der Waals surface area contributed by atoms with Crippen molar-refractivity contribution < 1.29 is 0 Å². The van der Waals surface area contributed by atoms with Crippen molar-refractivity contribution in [3.8, 4) is 0 Å². The molecule has 0 spiro atoms. The molecule has 0 amide bonds. The predicted molar refractivity (Wildman–Crippen MR) is 51.4 cm³/mol. The normalized spacial score (nSPS) is 11.1. The van der Waals surface area contributed by atoms with Crippen LogP contribution in [-0.4, -0.2) is 15.0 Å². The second-order valence-electron chi connectivity index (χ2n) is 3.00. The molecule has 3 heteroatoms. The van der Waals surface area contributed by atoms with Gasteiger partial charge in [-0.3, -0.25) is 0 Å². The van der Waals surface area contributed by atoms with E-state index in [1.807, 2.05) is 24.5 Å². The molecule has 0 aliphatic heterocycles. The Balaban J connectivity index is 2.57. The van der Waals surface area contributed by atoms with Crippen LogP contribution in [0.4, 0.5) is 0 Å². The second kappa shape index (κ2) is 2.29. The van der Waals surface area contributed by atoms with E-state index in [2.05, 4.69) is 21.0 Å². The number of hydrogen-bond acceptors (Lipinski definition) is 2. The summed E-state index contributed by atoms with van der Waals surface area (Å²) in [5.41, 5.74) is 2.09. The fourth-order valence-corrected chi connectivity index (χ4v) is 1.53. The lowest BCUT2D eigenvalue weighted by molar-refractivity contribution is 1.22. The largest absolute Gasteiger partial charge is 0.361 e. The van der Waals surface area contributed by atoms with Crippen LogP contribution in [0.2, 0.25) is 0 Å². The van der Waals surface area contributed by atoms with E-state index < -0.39 is 0 Å². The monoisotopic (exact) mass is 169 g/mol. The summed E-state index contributed by atoms with van der Waals surface area (Å²) in [4.78, 5) is 11.3. The van der Waals surface area contributed by atoms with Gasteiger partial charge in [-0.1, -0.05) is 0 Å². The lowest BCUT2D eigenvalue weighted by Gasteiger charge is -1.95. The van der Waals surface area contributed by atoms with Crippen LogP contribution in [0, 0.1) is 0 Å². The number of aromatic nitrogens is 3. The van der Waals surface area contributed by atoms with E-state index in [1.54, 1.807) is 6.33 Å². The Labute approximate surface area is 74.4 Å². The molecule has 0 radical (unpaired) electrons. The van der Waals surface area contributed by atoms with E-state index in [0.29, 0.717) is 0 Å². The lowest BCUT2D eigenvalue weighted by atomic mass is 10.2. The van der Waals surface area contributed by atoms with Gasteiger partial charge in [0.15, 0.2) is 0 Å². The van der Waals surface area contributed by atoms with Crippen LogP contribution >= 0.6 is 0 Å². The molecule has 0 aliphatic rings. The second-order valence-corrected chi connectivity index (χ2v) is 3.00. The van der Waals surface area contributed by atoms with E-state index in [1.165, 1.54) is 5.39 Å². The molecule has 2 aromatic heterocycles. The molecule has 0 saturated heterocycles. The number of fused-ring (bicyclic) bond motifs is 2. The van der Waals surface area contributed by atoms with Crippen molar-refractivity contribution in [1.29, 1.82) is 0 Å². The first-order valence-electron chi connectivity index (χ1n) is 4.10. The molecule has 62 valence electrons. The molecular formula is C10H7N3. The van der Waals surface area contributed by atoms with Crippen LogP contribution in [0.5, 0.6) is 0 Å². The minimum atomic E-state index is 0.977. The van der Waals surface area contributed by atoms with Crippen molar-refractivity contribution in [2.75, 3.05) is 0 Å². The van der Waals surface area contributed by atoms with Gasteiger partial charge in [0.25, 0.3) is 0 Å². The smallest absolute Gasteiger partial charge is 0.116 e.